The smallest absolute Gasteiger partial charge is 0.306 e. The van der Waals surface area contributed by atoms with Gasteiger partial charge in [0.25, 0.3) is 0 Å². The Balaban J connectivity index is 2.19. The molecule has 7 heteroatoms. The van der Waals surface area contributed by atoms with Gasteiger partial charge in [-0.2, -0.15) is 10.2 Å². The van der Waals surface area contributed by atoms with E-state index in [4.69, 9.17) is 27.9 Å². The number of carbonyl (C=O) groups excluding carboxylic acids is 1. The summed E-state index contributed by atoms with van der Waals surface area (Å²) in [5, 5.41) is 11.6. The summed E-state index contributed by atoms with van der Waals surface area (Å²) in [5.41, 5.74) is 0.428. The van der Waals surface area contributed by atoms with E-state index in [1.165, 1.54) is 12.4 Å². The Morgan fingerprint density at radius 1 is 1.43 bits per heavy atom. The van der Waals surface area contributed by atoms with Gasteiger partial charge in [0, 0.05) is 11.1 Å². The van der Waals surface area contributed by atoms with Crippen molar-refractivity contribution in [1.82, 2.24) is 4.65 Å². The van der Waals surface area contributed by atoms with E-state index in [-0.39, 0.29) is 18.8 Å². The molecule has 0 saturated carbocycles. The summed E-state index contributed by atoms with van der Waals surface area (Å²) in [6, 6.07) is 4.80. The average molecular weight is 330 g/mol. The third-order valence-electron chi connectivity index (χ3n) is 3.03. The van der Waals surface area contributed by atoms with Crippen molar-refractivity contribution in [2.24, 2.45) is 4.99 Å². The normalized spacial score (nSPS) is 20.5. The van der Waals surface area contributed by atoms with E-state index in [1.54, 1.807) is 25.1 Å². The van der Waals surface area contributed by atoms with Crippen LogP contribution in [0.5, 0.6) is 0 Å². The van der Waals surface area contributed by atoms with Crippen LogP contribution in [0.15, 0.2) is 35.6 Å². The molecule has 0 radical (unpaired) electrons. The predicted octanol–water partition coefficient (Wildman–Crippen LogP) is 3.92. The highest BCUT2D eigenvalue weighted by Crippen LogP contribution is 2.35. The Labute approximate surface area is 132 Å². The van der Waals surface area contributed by atoms with E-state index in [1.807, 2.05) is 0 Å². The van der Waals surface area contributed by atoms with Crippen molar-refractivity contribution in [3.63, 3.8) is 0 Å². The predicted molar refractivity (Wildman–Crippen MR) is 82.5 cm³/mol. The highest BCUT2D eigenvalue weighted by atomic mass is 35.5. The van der Waals surface area contributed by atoms with Gasteiger partial charge in [0.15, 0.2) is 11.9 Å². The molecule has 5 nitrogen and oxygen atoms in total. The van der Waals surface area contributed by atoms with E-state index in [2.05, 4.69) is 4.99 Å². The lowest BCUT2D eigenvalue weighted by atomic mass is 10.2. The van der Waals surface area contributed by atoms with E-state index >= 15 is 0 Å². The maximum absolute atomic E-state index is 11.4. The first kappa shape index (κ1) is 16.0. The Morgan fingerprint density at radius 2 is 2.19 bits per heavy atom. The summed E-state index contributed by atoms with van der Waals surface area (Å²) >= 11 is 12.0. The maximum Gasteiger partial charge on any atom is 0.306 e. The summed E-state index contributed by atoms with van der Waals surface area (Å²) in [7, 11) is 0. The Bertz CT molecular complexity index is 616. The highest BCUT2D eigenvalue weighted by Gasteiger charge is 2.39. The number of ether oxygens (including phenoxy) is 1. The van der Waals surface area contributed by atoms with Gasteiger partial charge in [0.05, 0.1) is 25.6 Å². The second-order valence-electron chi connectivity index (χ2n) is 4.43. The first-order valence-corrected chi connectivity index (χ1v) is 7.20. The zero-order valence-corrected chi connectivity index (χ0v) is 12.9. The summed E-state index contributed by atoms with van der Waals surface area (Å²) in [5.74, 6) is 0.0631. The quantitative estimate of drug-likeness (QED) is 0.658. The molecule has 2 rings (SSSR count). The lowest BCUT2D eigenvalue weighted by Crippen LogP contribution is -2.44. The molecular weight excluding hydrogens is 315 g/mol. The van der Waals surface area contributed by atoms with Crippen molar-refractivity contribution in [3.05, 3.63) is 40.6 Å². The number of aliphatic imine (C=N–C) groups is 1. The van der Waals surface area contributed by atoms with Crippen molar-refractivity contribution in [1.29, 1.82) is 0 Å². The second-order valence-corrected chi connectivity index (χ2v) is 5.27. The molecule has 0 saturated heterocycles. The summed E-state index contributed by atoms with van der Waals surface area (Å²) in [6.07, 6.45) is 3.36. The van der Waals surface area contributed by atoms with Crippen LogP contribution >= 0.6 is 23.2 Å². The van der Waals surface area contributed by atoms with Gasteiger partial charge in [-0.3, -0.25) is 4.79 Å². The fourth-order valence-corrected chi connectivity index (χ4v) is 2.59. The van der Waals surface area contributed by atoms with E-state index in [0.717, 1.165) is 0 Å². The maximum atomic E-state index is 11.4. The Hall–Kier alpha value is -1.40. The van der Waals surface area contributed by atoms with Crippen LogP contribution in [0.2, 0.25) is 10.0 Å². The number of esters is 1. The molecule has 1 atom stereocenters. The van der Waals surface area contributed by atoms with Crippen LogP contribution in [0.25, 0.3) is 0 Å². The van der Waals surface area contributed by atoms with Crippen molar-refractivity contribution in [2.75, 3.05) is 6.61 Å². The molecule has 1 N–H and O–H groups in total. The Morgan fingerprint density at radius 3 is 2.86 bits per heavy atom. The van der Waals surface area contributed by atoms with Gasteiger partial charge in [-0.25, -0.2) is 0 Å². The van der Waals surface area contributed by atoms with Crippen LogP contribution in [0, 0.1) is 0 Å². The number of nitrogens with zero attached hydrogens (tertiary/aromatic N) is 2. The van der Waals surface area contributed by atoms with Crippen molar-refractivity contribution in [3.8, 4) is 0 Å². The molecule has 112 valence electrons. The summed E-state index contributed by atoms with van der Waals surface area (Å²) in [4.78, 5) is 15.5. The average Bonchev–Trinajstić information content (AvgIpc) is 2.78. The third-order valence-corrected chi connectivity index (χ3v) is 3.57. The molecule has 0 bridgehead atoms. The van der Waals surface area contributed by atoms with Gasteiger partial charge in [0.2, 0.25) is 5.84 Å². The molecule has 1 aliphatic rings. The van der Waals surface area contributed by atoms with Gasteiger partial charge >= 0.3 is 5.97 Å². The molecular formula is C14H15Cl2N2O3+. The number of hydrogen-bond donors (Lipinski definition) is 1. The highest BCUT2D eigenvalue weighted by molar-refractivity contribution is 6.36. The molecule has 1 aliphatic heterocycles. The molecule has 1 aromatic rings. The molecule has 1 heterocycles. The molecule has 0 spiro atoms. The molecule has 1 unspecified atom stereocenters. The van der Waals surface area contributed by atoms with Crippen LogP contribution in [0.1, 0.15) is 19.8 Å². The van der Waals surface area contributed by atoms with Crippen molar-refractivity contribution >= 4 is 40.7 Å². The zero-order valence-electron chi connectivity index (χ0n) is 11.4. The van der Waals surface area contributed by atoms with Crippen molar-refractivity contribution in [2.45, 2.75) is 19.8 Å². The van der Waals surface area contributed by atoms with Gasteiger partial charge < -0.3 is 4.74 Å². The number of carbonyl (C=O) groups is 1. The lowest BCUT2D eigenvalue weighted by molar-refractivity contribution is -0.142. The Kier molecular flexibility index (Phi) is 5.00. The molecule has 0 aromatic heterocycles. The molecule has 1 aromatic carbocycles. The summed E-state index contributed by atoms with van der Waals surface area (Å²) in [6.45, 7) is 2.07. The number of quaternary nitrogens is 1. The first-order chi connectivity index (χ1) is 9.97. The number of benzene rings is 1. The SMILES string of the molecule is CCOC(=O)CCC1=NC=C[N+]1(O)c1ccc(Cl)cc1Cl. The lowest BCUT2D eigenvalue weighted by Gasteiger charge is -2.23. The molecule has 0 fully saturated rings. The van der Waals surface area contributed by atoms with Gasteiger partial charge in [-0.15, -0.1) is 0 Å². The first-order valence-electron chi connectivity index (χ1n) is 6.45. The fraction of sp³-hybridized carbons (Fsp3) is 0.286. The van der Waals surface area contributed by atoms with E-state index < -0.39 is 4.65 Å². The van der Waals surface area contributed by atoms with Gasteiger partial charge in [0.1, 0.15) is 5.02 Å². The monoisotopic (exact) mass is 329 g/mol. The van der Waals surface area contributed by atoms with Crippen LogP contribution in [-0.4, -0.2) is 23.6 Å². The largest absolute Gasteiger partial charge is 0.466 e. The number of amidine groups is 1. The zero-order chi connectivity index (χ0) is 15.5. The van der Waals surface area contributed by atoms with Crippen LogP contribution in [-0.2, 0) is 9.53 Å². The molecule has 0 amide bonds. The minimum absolute atomic E-state index is 0.139. The topological polar surface area (TPSA) is 58.9 Å². The minimum Gasteiger partial charge on any atom is -0.466 e. The van der Waals surface area contributed by atoms with E-state index in [9.17, 15) is 10.0 Å². The fourth-order valence-electron chi connectivity index (χ4n) is 2.05. The van der Waals surface area contributed by atoms with Gasteiger partial charge in [-0.05, 0) is 19.1 Å². The third kappa shape index (κ3) is 3.44. The minimum atomic E-state index is -0.657. The number of rotatable bonds is 5. The van der Waals surface area contributed by atoms with Crippen LogP contribution < -0.4 is 4.65 Å². The van der Waals surface area contributed by atoms with Crippen molar-refractivity contribution < 1.29 is 14.7 Å². The standard InChI is InChI=1S/C14H15Cl2N2O3/c1-2-21-14(19)6-5-13-17-7-8-18(13,20)12-4-3-10(15)9-11(12)16/h3-4,7-9,20H,2,5-6H2,1H3/q+1. The number of hydroxylamine groups is 2. The molecule has 0 aliphatic carbocycles. The second kappa shape index (κ2) is 6.58. The summed E-state index contributed by atoms with van der Waals surface area (Å²) < 4.78 is 4.21. The molecule has 21 heavy (non-hydrogen) atoms. The van der Waals surface area contributed by atoms with Crippen LogP contribution in [0.3, 0.4) is 0 Å². The number of hydrogen-bond acceptors (Lipinski definition) is 4. The number of halogens is 2. The van der Waals surface area contributed by atoms with E-state index in [0.29, 0.717) is 28.2 Å². The van der Waals surface area contributed by atoms with Gasteiger partial charge in [-0.1, -0.05) is 27.8 Å². The van der Waals surface area contributed by atoms with Crippen LogP contribution in [0.4, 0.5) is 5.69 Å².